The van der Waals surface area contributed by atoms with Crippen molar-refractivity contribution in [3.63, 3.8) is 0 Å². The molecule has 0 radical (unpaired) electrons. The quantitative estimate of drug-likeness (QED) is 0.534. The monoisotopic (exact) mass is 430 g/mol. The van der Waals surface area contributed by atoms with Crippen molar-refractivity contribution in [3.8, 4) is 11.3 Å². The fourth-order valence-electron chi connectivity index (χ4n) is 3.05. The van der Waals surface area contributed by atoms with Gasteiger partial charge in [-0.15, -0.1) is 10.2 Å². The third kappa shape index (κ3) is 5.21. The van der Waals surface area contributed by atoms with Crippen LogP contribution >= 0.6 is 0 Å². The fraction of sp³-hybridized carbons (Fsp3) is 0.412. The summed E-state index contributed by atoms with van der Waals surface area (Å²) in [5.41, 5.74) is -0.243. The van der Waals surface area contributed by atoms with Crippen molar-refractivity contribution in [2.45, 2.75) is 31.7 Å². The van der Waals surface area contributed by atoms with Gasteiger partial charge in [-0.1, -0.05) is 6.07 Å². The topological polar surface area (TPSA) is 122 Å². The van der Waals surface area contributed by atoms with Crippen molar-refractivity contribution < 1.29 is 27.0 Å². The average molecular weight is 430 g/mol. The Kier molecular flexibility index (Phi) is 6.36. The number of aliphatic hydroxyl groups excluding tert-OH is 1. The fourth-order valence-corrected chi connectivity index (χ4v) is 3.39. The van der Waals surface area contributed by atoms with Crippen LogP contribution < -0.4 is 15.4 Å². The van der Waals surface area contributed by atoms with Gasteiger partial charge in [0.1, 0.15) is 0 Å². The molecule has 2 aromatic rings. The van der Waals surface area contributed by atoms with E-state index in [4.69, 9.17) is 0 Å². The maximum Gasteiger partial charge on any atom is 0.416 e. The Morgan fingerprint density at radius 1 is 1.31 bits per heavy atom. The van der Waals surface area contributed by atoms with Crippen LogP contribution in [0.2, 0.25) is 0 Å². The molecule has 1 aromatic carbocycles. The van der Waals surface area contributed by atoms with Gasteiger partial charge < -0.3 is 25.0 Å². The Hall–Kier alpha value is -2.28. The van der Waals surface area contributed by atoms with Gasteiger partial charge >= 0.3 is 6.18 Å². The van der Waals surface area contributed by atoms with E-state index < -0.39 is 29.1 Å². The zero-order valence-corrected chi connectivity index (χ0v) is 16.1. The van der Waals surface area contributed by atoms with Crippen molar-refractivity contribution in [2.75, 3.05) is 23.1 Å². The Balaban J connectivity index is 1.91. The molecule has 1 aromatic heterocycles. The second-order valence-corrected chi connectivity index (χ2v) is 7.34. The van der Waals surface area contributed by atoms with Crippen LogP contribution in [0.25, 0.3) is 11.3 Å². The van der Waals surface area contributed by atoms with E-state index in [2.05, 4.69) is 20.8 Å². The van der Waals surface area contributed by atoms with Crippen LogP contribution in [0, 0.1) is 6.92 Å². The summed E-state index contributed by atoms with van der Waals surface area (Å²) < 4.78 is 62.9. The summed E-state index contributed by atoms with van der Waals surface area (Å²) in [6.07, 6.45) is -4.58. The number of aromatic nitrogens is 2. The average Bonchev–Trinajstić information content (AvgIpc) is 2.64. The molecule has 1 aliphatic heterocycles. The first kappa shape index (κ1) is 21.4. The molecule has 2 heterocycles. The van der Waals surface area contributed by atoms with Crippen LogP contribution in [-0.4, -0.2) is 49.3 Å². The second kappa shape index (κ2) is 8.61. The zero-order chi connectivity index (χ0) is 21.2. The minimum atomic E-state index is -4.62. The van der Waals surface area contributed by atoms with Crippen LogP contribution in [0.3, 0.4) is 0 Å². The van der Waals surface area contributed by atoms with E-state index in [-0.39, 0.29) is 23.0 Å². The molecule has 0 spiro atoms. The lowest BCUT2D eigenvalue weighted by atomic mass is 10.0. The number of anilines is 2. The largest absolute Gasteiger partial charge is 0.755 e. The minimum Gasteiger partial charge on any atom is -0.755 e. The lowest BCUT2D eigenvalue weighted by Crippen LogP contribution is -2.48. The number of aliphatic hydroxyl groups is 1. The first-order valence-electron chi connectivity index (χ1n) is 8.72. The maximum absolute atomic E-state index is 13.0. The molecule has 0 aliphatic carbocycles. The number of piperidine rings is 1. The normalized spacial score (nSPS) is 20.9. The van der Waals surface area contributed by atoms with Gasteiger partial charge in [0, 0.05) is 23.4 Å². The second-order valence-electron chi connectivity index (χ2n) is 6.67. The van der Waals surface area contributed by atoms with Gasteiger partial charge in [0.15, 0.2) is 5.82 Å². The third-order valence-corrected chi connectivity index (χ3v) is 4.95. The number of alkyl halides is 3. The molecule has 1 aliphatic rings. The maximum atomic E-state index is 13.0. The molecule has 29 heavy (non-hydrogen) atoms. The predicted molar refractivity (Wildman–Crippen MR) is 101 cm³/mol. The van der Waals surface area contributed by atoms with Crippen molar-refractivity contribution in [1.82, 2.24) is 15.5 Å². The van der Waals surface area contributed by atoms with E-state index >= 15 is 0 Å². The van der Waals surface area contributed by atoms with Crippen LogP contribution in [0.15, 0.2) is 24.3 Å². The first-order chi connectivity index (χ1) is 13.6. The molecule has 8 nitrogen and oxygen atoms in total. The van der Waals surface area contributed by atoms with Crippen LogP contribution in [0.4, 0.5) is 24.7 Å². The van der Waals surface area contributed by atoms with E-state index in [1.807, 2.05) is 4.72 Å². The summed E-state index contributed by atoms with van der Waals surface area (Å²) >= 11 is -2.82. The molecule has 0 saturated carbocycles. The van der Waals surface area contributed by atoms with Gasteiger partial charge in [0.05, 0.1) is 29.1 Å². The van der Waals surface area contributed by atoms with Crippen LogP contribution in [-0.2, 0) is 17.4 Å². The Morgan fingerprint density at radius 2 is 2.07 bits per heavy atom. The summed E-state index contributed by atoms with van der Waals surface area (Å²) in [6.45, 7) is 2.99. The van der Waals surface area contributed by atoms with Gasteiger partial charge in [0.2, 0.25) is 0 Å². The highest BCUT2D eigenvalue weighted by Crippen LogP contribution is 2.36. The van der Waals surface area contributed by atoms with Crippen molar-refractivity contribution in [3.05, 3.63) is 35.4 Å². The number of hydrogen-bond donors (Lipinski definition) is 4. The summed E-state index contributed by atoms with van der Waals surface area (Å²) in [7, 11) is 0. The van der Waals surface area contributed by atoms with Crippen molar-refractivity contribution >= 4 is 22.8 Å². The zero-order valence-electron chi connectivity index (χ0n) is 15.3. The summed E-state index contributed by atoms with van der Waals surface area (Å²) in [4.78, 5) is 0. The molecule has 0 amide bonds. The molecule has 4 N–H and O–H groups in total. The number of nitrogens with zero attached hydrogens (tertiary/aromatic N) is 2. The van der Waals surface area contributed by atoms with Gasteiger partial charge in [-0.2, -0.15) is 13.2 Å². The van der Waals surface area contributed by atoms with Crippen LogP contribution in [0.5, 0.6) is 0 Å². The van der Waals surface area contributed by atoms with E-state index in [9.17, 15) is 27.0 Å². The Morgan fingerprint density at radius 3 is 2.69 bits per heavy atom. The van der Waals surface area contributed by atoms with Crippen molar-refractivity contribution in [2.24, 2.45) is 0 Å². The minimum absolute atomic E-state index is 0.156. The van der Waals surface area contributed by atoms with Gasteiger partial charge in [-0.25, -0.2) is 0 Å². The molecular weight excluding hydrogens is 411 g/mol. The summed E-state index contributed by atoms with van der Waals surface area (Å²) in [5, 5.41) is 24.4. The molecule has 3 unspecified atom stereocenters. The standard InChI is InChI=1S/C17H20F3N5O3S/c1-9-6-12(23-24-16(9)22-14-8-21-5-4-15(14)26)11-3-2-10(17(18,19)20)7-13(11)25-29(27)28/h2-3,6-7,14-15,21,25-26H,4-5,8H2,1H3,(H,22,24)(H,27,28)/p-1. The first-order valence-corrected chi connectivity index (χ1v) is 9.80. The molecule has 3 atom stereocenters. The van der Waals surface area contributed by atoms with E-state index in [0.717, 1.165) is 12.1 Å². The number of benzene rings is 1. The van der Waals surface area contributed by atoms with E-state index in [1.54, 1.807) is 13.0 Å². The van der Waals surface area contributed by atoms with Crippen molar-refractivity contribution in [1.29, 1.82) is 0 Å². The molecule has 1 fully saturated rings. The lowest BCUT2D eigenvalue weighted by molar-refractivity contribution is -0.137. The Labute approximate surface area is 167 Å². The molecule has 0 bridgehead atoms. The molecule has 158 valence electrons. The highest BCUT2D eigenvalue weighted by molar-refractivity contribution is 7.80. The number of aryl methyl sites for hydroxylation is 1. The van der Waals surface area contributed by atoms with E-state index in [0.29, 0.717) is 37.0 Å². The summed E-state index contributed by atoms with van der Waals surface area (Å²) in [5.74, 6) is 0.426. The third-order valence-electron chi connectivity index (χ3n) is 4.57. The van der Waals surface area contributed by atoms with Gasteiger partial charge in [0.25, 0.3) is 0 Å². The lowest BCUT2D eigenvalue weighted by Gasteiger charge is -2.29. The molecule has 12 heteroatoms. The highest BCUT2D eigenvalue weighted by atomic mass is 32.2. The van der Waals surface area contributed by atoms with Crippen LogP contribution in [0.1, 0.15) is 17.5 Å². The molecule has 1 saturated heterocycles. The van der Waals surface area contributed by atoms with E-state index in [1.165, 1.54) is 0 Å². The smallest absolute Gasteiger partial charge is 0.416 e. The number of halogens is 3. The number of nitrogens with one attached hydrogen (secondary N) is 3. The van der Waals surface area contributed by atoms with Gasteiger partial charge in [-0.3, -0.25) is 4.21 Å². The highest BCUT2D eigenvalue weighted by Gasteiger charge is 2.31. The molecular formula is C17H19F3N5O3S-. The molecule has 3 rings (SSSR count). The van der Waals surface area contributed by atoms with Gasteiger partial charge in [-0.05, 0) is 43.7 Å². The Bertz CT molecular complexity index is 912. The predicted octanol–water partition coefficient (Wildman–Crippen LogP) is 1.81. The summed E-state index contributed by atoms with van der Waals surface area (Å²) in [6, 6.07) is 4.02. The number of rotatable bonds is 5. The number of hydrogen-bond acceptors (Lipinski definition) is 7. The SMILES string of the molecule is Cc1cc(-c2ccc(C(F)(F)F)cc2NS(=O)[O-])nnc1NC1CNCCC1O.